The third kappa shape index (κ3) is 3.30. The van der Waals surface area contributed by atoms with Crippen LogP contribution in [0.5, 0.6) is 0 Å². The molecule has 0 aromatic rings. The molecule has 2 aliphatic rings. The highest BCUT2D eigenvalue weighted by molar-refractivity contribution is 5.02. The lowest BCUT2D eigenvalue weighted by atomic mass is 10.0. The van der Waals surface area contributed by atoms with Gasteiger partial charge in [0.1, 0.15) is 0 Å². The van der Waals surface area contributed by atoms with E-state index in [1.54, 1.807) is 0 Å². The van der Waals surface area contributed by atoms with E-state index in [2.05, 4.69) is 28.7 Å². The van der Waals surface area contributed by atoms with Gasteiger partial charge in [0, 0.05) is 38.8 Å². The minimum absolute atomic E-state index is 0.760. The fraction of sp³-hybridized carbons (Fsp3) is 0.846. The monoisotopic (exact) mass is 223 g/mol. The molecule has 3 heteroatoms. The summed E-state index contributed by atoms with van der Waals surface area (Å²) in [5.41, 5.74) is 1.42. The van der Waals surface area contributed by atoms with E-state index in [1.807, 2.05) is 0 Å². The van der Waals surface area contributed by atoms with E-state index in [4.69, 9.17) is 0 Å². The Hall–Kier alpha value is -0.380. The Labute approximate surface area is 99.5 Å². The van der Waals surface area contributed by atoms with E-state index >= 15 is 0 Å². The highest BCUT2D eigenvalue weighted by Gasteiger charge is 2.22. The predicted octanol–water partition coefficient (Wildman–Crippen LogP) is 0.932. The van der Waals surface area contributed by atoms with Crippen LogP contribution in [-0.2, 0) is 0 Å². The third-order valence-electron chi connectivity index (χ3n) is 3.85. The van der Waals surface area contributed by atoms with Crippen LogP contribution in [0.2, 0.25) is 0 Å². The fourth-order valence-corrected chi connectivity index (χ4v) is 2.82. The van der Waals surface area contributed by atoms with Crippen molar-refractivity contribution in [2.75, 3.05) is 46.3 Å². The summed E-state index contributed by atoms with van der Waals surface area (Å²) >= 11 is 0. The molecule has 2 saturated heterocycles. The zero-order valence-electron chi connectivity index (χ0n) is 10.5. The molecule has 0 bridgehead atoms. The quantitative estimate of drug-likeness (QED) is 0.715. The van der Waals surface area contributed by atoms with Crippen LogP contribution in [0.15, 0.2) is 12.2 Å². The Morgan fingerprint density at radius 1 is 1.31 bits per heavy atom. The van der Waals surface area contributed by atoms with Crippen LogP contribution in [0.3, 0.4) is 0 Å². The highest BCUT2D eigenvalue weighted by atomic mass is 15.2. The first kappa shape index (κ1) is 12.1. The minimum Gasteiger partial charge on any atom is -0.314 e. The van der Waals surface area contributed by atoms with Gasteiger partial charge in [0.15, 0.2) is 0 Å². The number of nitrogens with zero attached hydrogens (tertiary/aromatic N) is 2. The van der Waals surface area contributed by atoms with E-state index in [9.17, 15) is 0 Å². The van der Waals surface area contributed by atoms with Gasteiger partial charge in [-0.2, -0.15) is 0 Å². The molecule has 0 amide bonds. The second-order valence-electron chi connectivity index (χ2n) is 5.26. The van der Waals surface area contributed by atoms with Crippen molar-refractivity contribution < 1.29 is 0 Å². The topological polar surface area (TPSA) is 18.5 Å². The molecule has 0 aromatic heterocycles. The number of piperazine rings is 1. The molecule has 92 valence electrons. The molecule has 2 rings (SSSR count). The second kappa shape index (κ2) is 5.80. The molecule has 2 heterocycles. The van der Waals surface area contributed by atoms with Gasteiger partial charge in [-0.1, -0.05) is 12.2 Å². The van der Waals surface area contributed by atoms with Crippen molar-refractivity contribution in [1.29, 1.82) is 0 Å². The van der Waals surface area contributed by atoms with Gasteiger partial charge in [0.25, 0.3) is 0 Å². The van der Waals surface area contributed by atoms with Crippen LogP contribution < -0.4 is 5.32 Å². The van der Waals surface area contributed by atoms with Crippen LogP contribution in [0.25, 0.3) is 0 Å². The lowest BCUT2D eigenvalue weighted by Crippen LogP contribution is -2.44. The van der Waals surface area contributed by atoms with Crippen molar-refractivity contribution in [3.05, 3.63) is 12.2 Å². The van der Waals surface area contributed by atoms with Crippen LogP contribution >= 0.6 is 0 Å². The summed E-state index contributed by atoms with van der Waals surface area (Å²) in [6, 6.07) is 0.760. The Kier molecular flexibility index (Phi) is 4.38. The molecule has 0 aliphatic carbocycles. The lowest BCUT2D eigenvalue weighted by molar-refractivity contribution is 0.249. The van der Waals surface area contributed by atoms with Crippen LogP contribution in [0.1, 0.15) is 19.3 Å². The maximum Gasteiger partial charge on any atom is 0.0191 e. The Morgan fingerprint density at radius 3 is 2.69 bits per heavy atom. The molecule has 0 radical (unpaired) electrons. The molecule has 1 N–H and O–H groups in total. The maximum atomic E-state index is 4.26. The molecule has 0 aromatic carbocycles. The highest BCUT2D eigenvalue weighted by Crippen LogP contribution is 2.21. The van der Waals surface area contributed by atoms with E-state index < -0.39 is 0 Å². The molecule has 0 saturated carbocycles. The first-order valence-electron chi connectivity index (χ1n) is 6.55. The summed E-state index contributed by atoms with van der Waals surface area (Å²) in [6.07, 6.45) is 3.92. The molecule has 1 unspecified atom stereocenters. The van der Waals surface area contributed by atoms with E-state index in [0.717, 1.165) is 25.7 Å². The average Bonchev–Trinajstić information content (AvgIpc) is 2.66. The fourth-order valence-electron chi connectivity index (χ4n) is 2.82. The molecule has 16 heavy (non-hydrogen) atoms. The summed E-state index contributed by atoms with van der Waals surface area (Å²) in [6.45, 7) is 11.3. The summed E-state index contributed by atoms with van der Waals surface area (Å²) in [4.78, 5) is 5.01. The van der Waals surface area contributed by atoms with Crippen molar-refractivity contribution in [3.8, 4) is 0 Å². The Morgan fingerprint density at radius 2 is 2.06 bits per heavy atom. The second-order valence-corrected chi connectivity index (χ2v) is 5.26. The minimum atomic E-state index is 0.760. The van der Waals surface area contributed by atoms with Gasteiger partial charge in [-0.15, -0.1) is 0 Å². The molecule has 3 nitrogen and oxygen atoms in total. The van der Waals surface area contributed by atoms with Crippen LogP contribution in [0, 0.1) is 0 Å². The standard InChI is InChI=1S/C13H25N3/c1-12(10-13-4-3-7-15(13)2)11-16-8-5-14-6-9-16/h13-14H,1,3-11H2,2H3. The van der Waals surface area contributed by atoms with Crippen molar-refractivity contribution in [1.82, 2.24) is 15.1 Å². The summed E-state index contributed by atoms with van der Waals surface area (Å²) in [5.74, 6) is 0. The van der Waals surface area contributed by atoms with Crippen molar-refractivity contribution in [2.24, 2.45) is 0 Å². The maximum absolute atomic E-state index is 4.26. The van der Waals surface area contributed by atoms with E-state index in [0.29, 0.717) is 0 Å². The zero-order valence-corrected chi connectivity index (χ0v) is 10.5. The zero-order chi connectivity index (χ0) is 11.4. The Balaban J connectivity index is 1.70. The van der Waals surface area contributed by atoms with Crippen molar-refractivity contribution >= 4 is 0 Å². The van der Waals surface area contributed by atoms with Gasteiger partial charge in [0.05, 0.1) is 0 Å². The number of rotatable bonds is 4. The summed E-state index contributed by atoms with van der Waals surface area (Å²) in [5, 5.41) is 3.39. The van der Waals surface area contributed by atoms with Gasteiger partial charge in [-0.05, 0) is 32.9 Å². The predicted molar refractivity (Wildman–Crippen MR) is 68.7 cm³/mol. The van der Waals surface area contributed by atoms with Crippen LogP contribution in [0.4, 0.5) is 0 Å². The molecule has 2 aliphatic heterocycles. The average molecular weight is 223 g/mol. The molecule has 2 fully saturated rings. The first-order chi connectivity index (χ1) is 7.75. The smallest absolute Gasteiger partial charge is 0.0191 e. The molecular formula is C13H25N3. The third-order valence-corrected chi connectivity index (χ3v) is 3.85. The SMILES string of the molecule is C=C(CC1CCCN1C)CN1CCNCC1. The molecule has 1 atom stereocenters. The van der Waals surface area contributed by atoms with Gasteiger partial charge >= 0.3 is 0 Å². The number of hydrogen-bond acceptors (Lipinski definition) is 3. The van der Waals surface area contributed by atoms with Gasteiger partial charge in [-0.25, -0.2) is 0 Å². The van der Waals surface area contributed by atoms with Crippen molar-refractivity contribution in [3.63, 3.8) is 0 Å². The normalized spacial score (nSPS) is 28.4. The van der Waals surface area contributed by atoms with Crippen LogP contribution in [-0.4, -0.2) is 62.2 Å². The van der Waals surface area contributed by atoms with Gasteiger partial charge < -0.3 is 10.2 Å². The number of likely N-dealkylation sites (tertiary alicyclic amines) is 1. The van der Waals surface area contributed by atoms with Gasteiger partial charge in [0.2, 0.25) is 0 Å². The van der Waals surface area contributed by atoms with E-state index in [1.165, 1.54) is 44.5 Å². The summed E-state index contributed by atoms with van der Waals surface area (Å²) in [7, 11) is 2.25. The first-order valence-corrected chi connectivity index (χ1v) is 6.55. The lowest BCUT2D eigenvalue weighted by Gasteiger charge is -2.29. The largest absolute Gasteiger partial charge is 0.314 e. The van der Waals surface area contributed by atoms with Gasteiger partial charge in [-0.3, -0.25) is 4.90 Å². The number of nitrogens with one attached hydrogen (secondary N) is 1. The molecule has 0 spiro atoms. The van der Waals surface area contributed by atoms with E-state index in [-0.39, 0.29) is 0 Å². The Bertz CT molecular complexity index is 233. The van der Waals surface area contributed by atoms with Crippen molar-refractivity contribution in [2.45, 2.75) is 25.3 Å². The summed E-state index contributed by atoms with van der Waals surface area (Å²) < 4.78 is 0. The molecular weight excluding hydrogens is 198 g/mol. The number of hydrogen-bond donors (Lipinski definition) is 1.